The molecular formula is C18H19N7S. The third kappa shape index (κ3) is 4.15. The number of benzene rings is 1. The Kier molecular flexibility index (Phi) is 4.74. The van der Waals surface area contributed by atoms with Crippen LogP contribution in [0.1, 0.15) is 16.1 Å². The second-order valence-electron chi connectivity index (χ2n) is 6.04. The number of hydrogen-bond acceptors (Lipinski definition) is 6. The predicted molar refractivity (Wildman–Crippen MR) is 102 cm³/mol. The highest BCUT2D eigenvalue weighted by atomic mass is 32.1. The largest absolute Gasteiger partial charge is 0.313 e. The SMILES string of the molecule is Cc1cnn(CCc2nnc(Nc3ccn(Cc4ccccc4)n3)s2)c1. The minimum absolute atomic E-state index is 0.743. The molecule has 3 heterocycles. The van der Waals surface area contributed by atoms with Crippen LogP contribution in [0, 0.1) is 6.92 Å². The van der Waals surface area contributed by atoms with Crippen LogP contribution in [0.4, 0.5) is 10.9 Å². The fourth-order valence-corrected chi connectivity index (χ4v) is 3.34. The summed E-state index contributed by atoms with van der Waals surface area (Å²) in [5, 5.41) is 22.2. The van der Waals surface area contributed by atoms with Crippen molar-refractivity contribution in [2.24, 2.45) is 0 Å². The summed E-state index contributed by atoms with van der Waals surface area (Å²) in [6.45, 7) is 3.58. The normalized spacial score (nSPS) is 11.0. The first kappa shape index (κ1) is 16.5. The zero-order valence-corrected chi connectivity index (χ0v) is 15.2. The first-order valence-corrected chi connectivity index (χ1v) is 9.22. The van der Waals surface area contributed by atoms with Crippen molar-refractivity contribution >= 4 is 22.3 Å². The number of anilines is 2. The maximum atomic E-state index is 4.54. The number of aryl methyl sites for hydroxylation is 3. The lowest BCUT2D eigenvalue weighted by molar-refractivity contribution is 0.611. The van der Waals surface area contributed by atoms with Crippen LogP contribution >= 0.6 is 11.3 Å². The Morgan fingerprint density at radius 1 is 1.08 bits per heavy atom. The lowest BCUT2D eigenvalue weighted by Gasteiger charge is -2.01. The highest BCUT2D eigenvalue weighted by Crippen LogP contribution is 2.20. The summed E-state index contributed by atoms with van der Waals surface area (Å²) in [7, 11) is 0. The van der Waals surface area contributed by atoms with E-state index in [0.29, 0.717) is 0 Å². The van der Waals surface area contributed by atoms with E-state index in [-0.39, 0.29) is 0 Å². The van der Waals surface area contributed by atoms with E-state index in [1.165, 1.54) is 5.56 Å². The van der Waals surface area contributed by atoms with Crippen molar-refractivity contribution in [2.45, 2.75) is 26.4 Å². The molecular weight excluding hydrogens is 346 g/mol. The molecule has 0 aliphatic rings. The van der Waals surface area contributed by atoms with Gasteiger partial charge in [0.1, 0.15) is 5.01 Å². The molecule has 4 aromatic rings. The van der Waals surface area contributed by atoms with Crippen LogP contribution in [0.25, 0.3) is 0 Å². The van der Waals surface area contributed by atoms with Crippen molar-refractivity contribution < 1.29 is 0 Å². The summed E-state index contributed by atoms with van der Waals surface area (Å²) >= 11 is 1.54. The lowest BCUT2D eigenvalue weighted by atomic mass is 10.2. The topological polar surface area (TPSA) is 73.5 Å². The monoisotopic (exact) mass is 365 g/mol. The van der Waals surface area contributed by atoms with E-state index in [2.05, 4.69) is 37.8 Å². The van der Waals surface area contributed by atoms with Crippen LogP contribution in [0.15, 0.2) is 55.0 Å². The molecule has 26 heavy (non-hydrogen) atoms. The molecule has 4 rings (SSSR count). The first-order chi connectivity index (χ1) is 12.7. The first-order valence-electron chi connectivity index (χ1n) is 8.40. The van der Waals surface area contributed by atoms with Crippen LogP contribution in [0.5, 0.6) is 0 Å². The van der Waals surface area contributed by atoms with Gasteiger partial charge in [0.05, 0.1) is 12.7 Å². The molecule has 0 unspecified atom stereocenters. The number of hydrogen-bond donors (Lipinski definition) is 1. The molecule has 3 aromatic heterocycles. The van der Waals surface area contributed by atoms with Crippen molar-refractivity contribution in [3.8, 4) is 0 Å². The van der Waals surface area contributed by atoms with Crippen LogP contribution in [-0.4, -0.2) is 29.8 Å². The Morgan fingerprint density at radius 3 is 2.77 bits per heavy atom. The fourth-order valence-electron chi connectivity index (χ4n) is 2.60. The molecule has 7 nitrogen and oxygen atoms in total. The van der Waals surface area contributed by atoms with Crippen molar-refractivity contribution in [3.63, 3.8) is 0 Å². The standard InChI is InChI=1S/C18H19N7S/c1-14-11-19-24(12-14)10-8-17-21-22-18(26-17)20-16-7-9-25(23-16)13-15-5-3-2-4-6-15/h2-7,9,11-12H,8,10,13H2,1H3,(H,20,22,23). The number of rotatable bonds is 7. The Morgan fingerprint density at radius 2 is 1.96 bits per heavy atom. The summed E-state index contributed by atoms with van der Waals surface area (Å²) in [5.41, 5.74) is 2.38. The molecule has 1 aromatic carbocycles. The number of nitrogens with zero attached hydrogens (tertiary/aromatic N) is 6. The summed E-state index contributed by atoms with van der Waals surface area (Å²) in [6.07, 6.45) is 6.65. The van der Waals surface area contributed by atoms with Crippen molar-refractivity contribution in [1.29, 1.82) is 0 Å². The molecule has 1 N–H and O–H groups in total. The van der Waals surface area contributed by atoms with E-state index in [1.807, 2.05) is 59.1 Å². The molecule has 0 atom stereocenters. The quantitative estimate of drug-likeness (QED) is 0.544. The highest BCUT2D eigenvalue weighted by Gasteiger charge is 2.07. The lowest BCUT2D eigenvalue weighted by Crippen LogP contribution is -2.01. The molecule has 0 aliphatic heterocycles. The Bertz CT molecular complexity index is 970. The second kappa shape index (κ2) is 7.49. The van der Waals surface area contributed by atoms with E-state index in [1.54, 1.807) is 11.3 Å². The van der Waals surface area contributed by atoms with Gasteiger partial charge in [-0.25, -0.2) is 0 Å². The second-order valence-corrected chi connectivity index (χ2v) is 7.10. The van der Waals surface area contributed by atoms with Crippen molar-refractivity contribution in [2.75, 3.05) is 5.32 Å². The summed E-state index contributed by atoms with van der Waals surface area (Å²) in [6, 6.07) is 12.2. The third-order valence-electron chi connectivity index (χ3n) is 3.85. The molecule has 132 valence electrons. The summed E-state index contributed by atoms with van der Waals surface area (Å²) in [5.74, 6) is 0.770. The van der Waals surface area contributed by atoms with Gasteiger partial charge >= 0.3 is 0 Å². The average Bonchev–Trinajstić information content (AvgIpc) is 3.37. The summed E-state index contributed by atoms with van der Waals surface area (Å²) < 4.78 is 3.83. The zero-order valence-electron chi connectivity index (χ0n) is 14.4. The molecule has 0 fully saturated rings. The third-order valence-corrected chi connectivity index (χ3v) is 4.75. The van der Waals surface area contributed by atoms with Gasteiger partial charge in [0, 0.05) is 31.4 Å². The molecule has 0 saturated heterocycles. The molecule has 0 amide bonds. The van der Waals surface area contributed by atoms with Gasteiger partial charge in [-0.05, 0) is 18.1 Å². The average molecular weight is 365 g/mol. The Labute approximate surface area is 155 Å². The fraction of sp³-hybridized carbons (Fsp3) is 0.222. The Balaban J connectivity index is 1.34. The van der Waals surface area contributed by atoms with Crippen molar-refractivity contribution in [1.82, 2.24) is 29.8 Å². The van der Waals surface area contributed by atoms with Crippen LogP contribution < -0.4 is 5.32 Å². The van der Waals surface area contributed by atoms with Gasteiger partial charge in [-0.2, -0.15) is 10.2 Å². The van der Waals surface area contributed by atoms with E-state index < -0.39 is 0 Å². The van der Waals surface area contributed by atoms with Crippen molar-refractivity contribution in [3.05, 3.63) is 71.1 Å². The molecule has 0 saturated carbocycles. The summed E-state index contributed by atoms with van der Waals surface area (Å²) in [4.78, 5) is 0. The van der Waals surface area contributed by atoms with Gasteiger partial charge in [-0.15, -0.1) is 10.2 Å². The Hall–Kier alpha value is -3.00. The van der Waals surface area contributed by atoms with Gasteiger partial charge < -0.3 is 5.32 Å². The van der Waals surface area contributed by atoms with Crippen LogP contribution in [-0.2, 0) is 19.5 Å². The molecule has 8 heteroatoms. The van der Waals surface area contributed by atoms with Crippen LogP contribution in [0.3, 0.4) is 0 Å². The zero-order chi connectivity index (χ0) is 17.8. The van der Waals surface area contributed by atoms with Gasteiger partial charge in [-0.1, -0.05) is 41.7 Å². The smallest absolute Gasteiger partial charge is 0.211 e. The van der Waals surface area contributed by atoms with E-state index in [9.17, 15) is 0 Å². The minimum atomic E-state index is 0.743. The maximum absolute atomic E-state index is 4.54. The van der Waals surface area contributed by atoms with Gasteiger partial charge in [-0.3, -0.25) is 9.36 Å². The van der Waals surface area contributed by atoms with E-state index in [4.69, 9.17) is 0 Å². The highest BCUT2D eigenvalue weighted by molar-refractivity contribution is 7.15. The predicted octanol–water partition coefficient (Wildman–Crippen LogP) is 3.27. The molecule has 0 bridgehead atoms. The van der Waals surface area contributed by atoms with Gasteiger partial charge in [0.25, 0.3) is 0 Å². The van der Waals surface area contributed by atoms with E-state index in [0.717, 1.165) is 41.0 Å². The molecule has 0 radical (unpaired) electrons. The molecule has 0 aliphatic carbocycles. The minimum Gasteiger partial charge on any atom is -0.313 e. The molecule has 0 spiro atoms. The number of nitrogens with one attached hydrogen (secondary N) is 1. The van der Waals surface area contributed by atoms with Crippen LogP contribution in [0.2, 0.25) is 0 Å². The maximum Gasteiger partial charge on any atom is 0.211 e. The van der Waals surface area contributed by atoms with Gasteiger partial charge in [0.15, 0.2) is 5.82 Å². The van der Waals surface area contributed by atoms with E-state index >= 15 is 0 Å². The van der Waals surface area contributed by atoms with Gasteiger partial charge in [0.2, 0.25) is 5.13 Å². The number of aromatic nitrogens is 6.